The molecule has 1 aliphatic heterocycles. The van der Waals surface area contributed by atoms with Crippen molar-refractivity contribution >= 4 is 34.5 Å². The monoisotopic (exact) mass is 586 g/mol. The topological polar surface area (TPSA) is 93.1 Å². The van der Waals surface area contributed by atoms with E-state index in [4.69, 9.17) is 0 Å². The van der Waals surface area contributed by atoms with Crippen molar-refractivity contribution in [1.82, 2.24) is 20.2 Å². The average molecular weight is 587 g/mol. The van der Waals surface area contributed by atoms with Crippen LogP contribution in [-0.2, 0) is 21.9 Å². The molecule has 1 aromatic heterocycles. The number of rotatable bonds is 8. The largest absolute Gasteiger partial charge is 0.307 e. The lowest BCUT2D eigenvalue weighted by atomic mass is 9.60. The lowest BCUT2D eigenvalue weighted by Crippen LogP contribution is -2.54. The van der Waals surface area contributed by atoms with Crippen molar-refractivity contribution in [2.24, 2.45) is 17.8 Å². The first kappa shape index (κ1) is 29.1. The summed E-state index contributed by atoms with van der Waals surface area (Å²) in [5.74, 6) is 2.98. The van der Waals surface area contributed by atoms with E-state index in [2.05, 4.69) is 53.7 Å². The number of thioether (sulfide) groups is 1. The number of carbonyl (C=O) groups is 2. The third-order valence-corrected chi connectivity index (χ3v) is 10.9. The van der Waals surface area contributed by atoms with Gasteiger partial charge in [-0.05, 0) is 86.5 Å². The number of aromatic nitrogens is 2. The van der Waals surface area contributed by atoms with Crippen molar-refractivity contribution in [3.05, 3.63) is 69.8 Å². The Morgan fingerprint density at radius 3 is 2.60 bits per heavy atom. The number of benzene rings is 2. The summed E-state index contributed by atoms with van der Waals surface area (Å²) in [5.41, 5.74) is 3.18. The van der Waals surface area contributed by atoms with Crippen LogP contribution in [0.2, 0.25) is 0 Å². The van der Waals surface area contributed by atoms with Crippen LogP contribution in [0.1, 0.15) is 88.2 Å². The fraction of sp³-hybridized carbons (Fsp3) is 0.529. The van der Waals surface area contributed by atoms with Gasteiger partial charge in [-0.3, -0.25) is 24.3 Å². The number of nitrogens with one attached hydrogen (secondary N) is 2. The Bertz CT molecular complexity index is 1550. The minimum atomic E-state index is -0.727. The van der Waals surface area contributed by atoms with E-state index in [1.54, 1.807) is 18.7 Å². The van der Waals surface area contributed by atoms with Gasteiger partial charge in [0.15, 0.2) is 0 Å². The molecule has 8 heteroatoms. The number of hydrogen-bond donors (Lipinski definition) is 2. The molecule has 3 aliphatic rings. The molecule has 2 saturated carbocycles. The maximum Gasteiger partial charge on any atom is 0.263 e. The molecule has 42 heavy (non-hydrogen) atoms. The highest BCUT2D eigenvalue weighted by atomic mass is 32.2. The van der Waals surface area contributed by atoms with E-state index < -0.39 is 11.9 Å². The van der Waals surface area contributed by atoms with E-state index in [1.807, 2.05) is 18.2 Å². The molecule has 2 heterocycles. The highest BCUT2D eigenvalue weighted by Gasteiger charge is 2.44. The van der Waals surface area contributed by atoms with Crippen LogP contribution in [0.5, 0.6) is 0 Å². The van der Waals surface area contributed by atoms with Gasteiger partial charge >= 0.3 is 0 Å². The van der Waals surface area contributed by atoms with Gasteiger partial charge in [-0.15, -0.1) is 11.8 Å². The van der Waals surface area contributed by atoms with Crippen LogP contribution in [0.25, 0.3) is 10.9 Å². The van der Waals surface area contributed by atoms with Gasteiger partial charge in [0, 0.05) is 29.2 Å². The van der Waals surface area contributed by atoms with Crippen molar-refractivity contribution < 1.29 is 9.59 Å². The molecule has 7 nitrogen and oxygen atoms in total. The van der Waals surface area contributed by atoms with E-state index in [1.165, 1.54) is 54.2 Å². The zero-order chi connectivity index (χ0) is 29.4. The van der Waals surface area contributed by atoms with Crippen molar-refractivity contribution in [3.8, 4) is 0 Å². The summed E-state index contributed by atoms with van der Waals surface area (Å²) in [7, 11) is 0. The second-order valence-electron chi connectivity index (χ2n) is 13.0. The van der Waals surface area contributed by atoms with Crippen molar-refractivity contribution in [2.45, 2.75) is 101 Å². The van der Waals surface area contributed by atoms with Gasteiger partial charge < -0.3 is 5.32 Å². The second kappa shape index (κ2) is 12.0. The van der Waals surface area contributed by atoms with Gasteiger partial charge in [0.05, 0.1) is 10.9 Å². The van der Waals surface area contributed by atoms with Gasteiger partial charge in [0.1, 0.15) is 11.9 Å². The van der Waals surface area contributed by atoms with E-state index in [-0.39, 0.29) is 23.4 Å². The molecule has 5 unspecified atom stereocenters. The molecule has 3 fully saturated rings. The highest BCUT2D eigenvalue weighted by molar-refractivity contribution is 7.98. The van der Waals surface area contributed by atoms with Gasteiger partial charge in [0.25, 0.3) is 5.56 Å². The predicted octanol–water partition coefficient (Wildman–Crippen LogP) is 6.06. The quantitative estimate of drug-likeness (QED) is 0.246. The minimum Gasteiger partial charge on any atom is -0.307 e. The number of carbonyl (C=O) groups excluding carboxylic acids is 2. The molecule has 6 rings (SSSR count). The van der Waals surface area contributed by atoms with Crippen molar-refractivity contribution in [3.63, 3.8) is 0 Å². The molecule has 2 aliphatic carbocycles. The highest BCUT2D eigenvalue weighted by Crippen LogP contribution is 2.48. The summed E-state index contributed by atoms with van der Waals surface area (Å²) in [5, 5.41) is 6.92. The van der Waals surface area contributed by atoms with Crippen LogP contribution < -0.4 is 16.2 Å². The van der Waals surface area contributed by atoms with Crippen molar-refractivity contribution in [1.29, 1.82) is 0 Å². The standard InChI is InChI=1S/C34H42N4O3S/c1-4-23-15-26-14-21(2)16-34(17-23,18-26)35-19-24-8-10-25(11-9-24)20-42-29-7-5-6-27-31(29)33(41)38(22(3)36-27)28-12-13-30(39)37-32(28)40/h5-11,21,23,26,28,35H,4,12-20H2,1-3H3,(H,37,39,40). The first-order valence-corrected chi connectivity index (χ1v) is 16.5. The normalized spacial score (nSPS) is 27.7. The molecule has 222 valence electrons. The number of nitrogens with zero attached hydrogens (tertiary/aromatic N) is 2. The number of piperidine rings is 1. The van der Waals surface area contributed by atoms with Gasteiger partial charge in [-0.1, -0.05) is 50.6 Å². The van der Waals surface area contributed by atoms with Crippen LogP contribution in [0.15, 0.2) is 52.2 Å². The molecule has 2 N–H and O–H groups in total. The zero-order valence-electron chi connectivity index (χ0n) is 24.9. The maximum absolute atomic E-state index is 13.7. The van der Waals surface area contributed by atoms with Crippen LogP contribution in [0.3, 0.4) is 0 Å². The van der Waals surface area contributed by atoms with E-state index in [9.17, 15) is 14.4 Å². The Labute approximate surface area is 252 Å². The van der Waals surface area contributed by atoms with E-state index >= 15 is 0 Å². The summed E-state index contributed by atoms with van der Waals surface area (Å²) >= 11 is 1.61. The summed E-state index contributed by atoms with van der Waals surface area (Å²) in [4.78, 5) is 43.5. The number of amides is 2. The molecule has 2 aromatic carbocycles. The van der Waals surface area contributed by atoms with Crippen LogP contribution in [-0.4, -0.2) is 26.9 Å². The van der Waals surface area contributed by atoms with Crippen LogP contribution in [0.4, 0.5) is 0 Å². The van der Waals surface area contributed by atoms with Gasteiger partial charge in [0.2, 0.25) is 11.8 Å². The summed E-state index contributed by atoms with van der Waals surface area (Å²) < 4.78 is 1.46. The fourth-order valence-electron chi connectivity index (χ4n) is 7.96. The minimum absolute atomic E-state index is 0.210. The van der Waals surface area contributed by atoms with Crippen molar-refractivity contribution in [2.75, 3.05) is 0 Å². The number of fused-ring (bicyclic) bond motifs is 3. The SMILES string of the molecule is CCC1CC2CC(C)CC(NCc3ccc(CSc4cccc5nc(C)n(C6CCC(=O)NC6=O)c(=O)c45)cc3)(C1)C2. The molecule has 0 radical (unpaired) electrons. The number of hydrogen-bond acceptors (Lipinski definition) is 6. The third kappa shape index (κ3) is 5.93. The Kier molecular flexibility index (Phi) is 8.29. The first-order chi connectivity index (χ1) is 20.2. The number of aryl methyl sites for hydroxylation is 1. The Balaban J connectivity index is 1.15. The average Bonchev–Trinajstić information content (AvgIpc) is 2.95. The summed E-state index contributed by atoms with van der Waals surface area (Å²) in [6.07, 6.45) is 8.53. The molecule has 2 bridgehead atoms. The third-order valence-electron chi connectivity index (χ3n) is 9.75. The first-order valence-electron chi connectivity index (χ1n) is 15.5. The van der Waals surface area contributed by atoms with E-state index in [0.717, 1.165) is 34.9 Å². The van der Waals surface area contributed by atoms with Crippen LogP contribution >= 0.6 is 11.8 Å². The fourth-order valence-corrected chi connectivity index (χ4v) is 8.99. The number of imide groups is 1. The molecule has 1 saturated heterocycles. The van der Waals surface area contributed by atoms with Crippen LogP contribution in [0, 0.1) is 24.7 Å². The van der Waals surface area contributed by atoms with E-state index in [0.29, 0.717) is 23.1 Å². The van der Waals surface area contributed by atoms with Gasteiger partial charge in [-0.2, -0.15) is 0 Å². The maximum atomic E-state index is 13.7. The Morgan fingerprint density at radius 1 is 1.05 bits per heavy atom. The molecule has 5 atom stereocenters. The Hall–Kier alpha value is -2.97. The lowest BCUT2D eigenvalue weighted by molar-refractivity contribution is -0.135. The second-order valence-corrected chi connectivity index (χ2v) is 14.0. The molecule has 3 aromatic rings. The molecule has 0 spiro atoms. The van der Waals surface area contributed by atoms with Gasteiger partial charge in [-0.25, -0.2) is 4.98 Å². The lowest BCUT2D eigenvalue weighted by Gasteiger charge is -2.51. The predicted molar refractivity (Wildman–Crippen MR) is 167 cm³/mol. The summed E-state index contributed by atoms with van der Waals surface area (Å²) in [6.45, 7) is 7.42. The zero-order valence-corrected chi connectivity index (χ0v) is 25.8. The molecule has 2 amide bonds. The molecular formula is C34H42N4O3S. The summed E-state index contributed by atoms with van der Waals surface area (Å²) in [6, 6.07) is 13.8. The smallest absolute Gasteiger partial charge is 0.263 e. The Morgan fingerprint density at radius 2 is 1.83 bits per heavy atom. The molecular weight excluding hydrogens is 544 g/mol.